The smallest absolute Gasteiger partial charge is 0.123 e. The molecule has 7 rings (SSSR count). The molecule has 0 spiro atoms. The summed E-state index contributed by atoms with van der Waals surface area (Å²) < 4.78 is 48.4. The van der Waals surface area contributed by atoms with Gasteiger partial charge in [-0.25, -0.2) is 4.39 Å². The lowest BCUT2D eigenvalue weighted by atomic mass is 9.90. The van der Waals surface area contributed by atoms with Crippen LogP contribution in [0.4, 0.5) is 4.39 Å². The summed E-state index contributed by atoms with van der Waals surface area (Å²) in [6.45, 7) is 1.68. The van der Waals surface area contributed by atoms with Crippen LogP contribution in [0.5, 0.6) is 0 Å². The lowest BCUT2D eigenvalue weighted by Crippen LogP contribution is -2.58. The fourth-order valence-corrected chi connectivity index (χ4v) is 6.39. The normalized spacial score (nSPS) is 20.8. The highest BCUT2D eigenvalue weighted by molar-refractivity contribution is 5.83. The molecule has 1 saturated heterocycles. The molecule has 1 aliphatic rings. The molecule has 1 fully saturated rings. The van der Waals surface area contributed by atoms with E-state index >= 15 is 0 Å². The van der Waals surface area contributed by atoms with Gasteiger partial charge in [0.1, 0.15) is 36.3 Å². The Hall–Kier alpha value is -4.63. The van der Waals surface area contributed by atoms with Gasteiger partial charge in [-0.05, 0) is 40.5 Å². The van der Waals surface area contributed by atoms with Gasteiger partial charge in [0.2, 0.25) is 0 Å². The lowest BCUT2D eigenvalue weighted by Gasteiger charge is -2.46. The fourth-order valence-electron chi connectivity index (χ4n) is 6.39. The second kappa shape index (κ2) is 16.2. The van der Waals surface area contributed by atoms with Crippen LogP contribution in [0.15, 0.2) is 146 Å². The van der Waals surface area contributed by atoms with Gasteiger partial charge in [-0.15, -0.1) is 0 Å². The van der Waals surface area contributed by atoms with E-state index < -0.39 is 30.5 Å². The first-order valence-corrected chi connectivity index (χ1v) is 16.7. The Balaban J connectivity index is 1.27. The van der Waals surface area contributed by atoms with Gasteiger partial charge in [0, 0.05) is 22.7 Å². The number of benzene rings is 5. The quantitative estimate of drug-likeness (QED) is 0.127. The summed E-state index contributed by atoms with van der Waals surface area (Å²) in [6, 6.07) is 44.9. The van der Waals surface area contributed by atoms with Crippen LogP contribution in [-0.2, 0) is 50.1 Å². The number of aromatic amines is 1. The van der Waals surface area contributed by atoms with E-state index in [4.69, 9.17) is 23.7 Å². The van der Waals surface area contributed by atoms with Crippen molar-refractivity contribution in [3.8, 4) is 0 Å². The molecule has 2 heterocycles. The average molecular weight is 658 g/mol. The third kappa shape index (κ3) is 8.33. The van der Waals surface area contributed by atoms with Crippen LogP contribution >= 0.6 is 0 Å². The molecule has 6 aromatic rings. The molecule has 0 unspecified atom stereocenters. The molecular formula is C42H40FNO5. The maximum absolute atomic E-state index is 14.7. The van der Waals surface area contributed by atoms with E-state index in [0.29, 0.717) is 26.4 Å². The monoisotopic (exact) mass is 657 g/mol. The number of hydrogen-bond acceptors (Lipinski definition) is 5. The van der Waals surface area contributed by atoms with E-state index in [0.717, 1.165) is 38.7 Å². The van der Waals surface area contributed by atoms with Gasteiger partial charge in [-0.2, -0.15) is 0 Å². The van der Waals surface area contributed by atoms with Crippen molar-refractivity contribution in [1.29, 1.82) is 0 Å². The van der Waals surface area contributed by atoms with E-state index in [9.17, 15) is 4.39 Å². The van der Waals surface area contributed by atoms with Crippen molar-refractivity contribution in [2.24, 2.45) is 0 Å². The largest absolute Gasteiger partial charge is 0.374 e. The number of rotatable bonds is 14. The zero-order chi connectivity index (χ0) is 33.3. The van der Waals surface area contributed by atoms with Gasteiger partial charge in [0.15, 0.2) is 0 Å². The van der Waals surface area contributed by atoms with Crippen molar-refractivity contribution < 1.29 is 28.1 Å². The molecular weight excluding hydrogens is 617 g/mol. The lowest BCUT2D eigenvalue weighted by molar-refractivity contribution is -0.274. The van der Waals surface area contributed by atoms with Gasteiger partial charge >= 0.3 is 0 Å². The molecule has 49 heavy (non-hydrogen) atoms. The molecule has 1 N–H and O–H groups in total. The van der Waals surface area contributed by atoms with Crippen molar-refractivity contribution in [1.82, 2.24) is 4.98 Å². The van der Waals surface area contributed by atoms with E-state index in [-0.39, 0.29) is 12.4 Å². The Morgan fingerprint density at radius 3 is 1.59 bits per heavy atom. The van der Waals surface area contributed by atoms with Gasteiger partial charge in [0.05, 0.1) is 33.0 Å². The molecule has 0 amide bonds. The number of ether oxygens (including phenoxy) is 5. The van der Waals surface area contributed by atoms with Crippen LogP contribution in [0.1, 0.15) is 33.9 Å². The van der Waals surface area contributed by atoms with Crippen molar-refractivity contribution in [2.75, 3.05) is 6.61 Å². The van der Waals surface area contributed by atoms with Crippen LogP contribution in [0.25, 0.3) is 10.9 Å². The van der Waals surface area contributed by atoms with Crippen LogP contribution in [0, 0.1) is 5.82 Å². The van der Waals surface area contributed by atoms with E-state index in [1.54, 1.807) is 6.07 Å². The minimum Gasteiger partial charge on any atom is -0.374 e. The first-order valence-electron chi connectivity index (χ1n) is 16.7. The maximum Gasteiger partial charge on any atom is 0.123 e. The van der Waals surface area contributed by atoms with Crippen LogP contribution in [0.3, 0.4) is 0 Å². The van der Waals surface area contributed by atoms with E-state index in [2.05, 4.69) is 4.98 Å². The predicted molar refractivity (Wildman–Crippen MR) is 187 cm³/mol. The maximum atomic E-state index is 14.7. The molecule has 6 nitrogen and oxygen atoms in total. The molecule has 5 atom stereocenters. The summed E-state index contributed by atoms with van der Waals surface area (Å²) in [6.07, 6.45) is -1.02. The second-order valence-corrected chi connectivity index (χ2v) is 12.3. The SMILES string of the molecule is Fc1ccc2[nH]cc([C@@H]3O[C@H](COCc4ccccc4)[C@@H](OCc4ccccc4)[C@H](OCc4ccccc4)[C@H]3OCc3ccccc3)c2c1. The Labute approximate surface area is 286 Å². The van der Waals surface area contributed by atoms with Gasteiger partial charge < -0.3 is 28.7 Å². The molecule has 0 radical (unpaired) electrons. The van der Waals surface area contributed by atoms with E-state index in [1.165, 1.54) is 12.1 Å². The van der Waals surface area contributed by atoms with Crippen molar-refractivity contribution in [2.45, 2.75) is 56.9 Å². The highest BCUT2D eigenvalue weighted by Crippen LogP contribution is 2.41. The molecule has 0 bridgehead atoms. The Bertz CT molecular complexity index is 1870. The van der Waals surface area contributed by atoms with Crippen molar-refractivity contribution >= 4 is 10.9 Å². The summed E-state index contributed by atoms with van der Waals surface area (Å²) in [5.41, 5.74) is 5.73. The number of fused-ring (bicyclic) bond motifs is 1. The molecule has 1 aliphatic heterocycles. The highest BCUT2D eigenvalue weighted by atomic mass is 19.1. The van der Waals surface area contributed by atoms with E-state index in [1.807, 2.05) is 128 Å². The highest BCUT2D eigenvalue weighted by Gasteiger charge is 2.49. The number of hydrogen-bond donors (Lipinski definition) is 1. The average Bonchev–Trinajstić information content (AvgIpc) is 3.57. The standard InChI is InChI=1S/C42H40FNO5/c43-34-21-22-37-35(23-34)36(24-44-37)39-41(47-27-32-17-9-3-10-18-32)42(48-28-33-19-11-4-12-20-33)40(46-26-31-15-7-2-8-16-31)38(49-39)29-45-25-30-13-5-1-6-14-30/h1-24,38-42,44H,25-29H2/t38-,39+,40-,41+,42+/m1/s1. The summed E-state index contributed by atoms with van der Waals surface area (Å²) in [4.78, 5) is 3.31. The number of aromatic nitrogens is 1. The zero-order valence-electron chi connectivity index (χ0n) is 27.2. The fraction of sp³-hybridized carbons (Fsp3) is 0.238. The summed E-state index contributed by atoms with van der Waals surface area (Å²) in [7, 11) is 0. The topological polar surface area (TPSA) is 61.9 Å². The molecule has 0 saturated carbocycles. The molecule has 5 aromatic carbocycles. The Morgan fingerprint density at radius 2 is 1.04 bits per heavy atom. The third-order valence-electron chi connectivity index (χ3n) is 8.87. The number of halogens is 1. The predicted octanol–water partition coefficient (Wildman–Crippen LogP) is 8.72. The second-order valence-electron chi connectivity index (χ2n) is 12.3. The van der Waals surface area contributed by atoms with Gasteiger partial charge in [-0.3, -0.25) is 0 Å². The molecule has 7 heteroatoms. The first-order chi connectivity index (χ1) is 24.2. The molecule has 0 aliphatic carbocycles. The Kier molecular flexibility index (Phi) is 10.9. The van der Waals surface area contributed by atoms with Gasteiger partial charge in [0.25, 0.3) is 0 Å². The molecule has 250 valence electrons. The minimum absolute atomic E-state index is 0.248. The van der Waals surface area contributed by atoms with Crippen LogP contribution < -0.4 is 0 Å². The first kappa shape index (κ1) is 32.9. The van der Waals surface area contributed by atoms with Crippen LogP contribution in [-0.4, -0.2) is 36.0 Å². The zero-order valence-corrected chi connectivity index (χ0v) is 27.2. The van der Waals surface area contributed by atoms with Crippen molar-refractivity contribution in [3.63, 3.8) is 0 Å². The van der Waals surface area contributed by atoms with Gasteiger partial charge in [-0.1, -0.05) is 121 Å². The van der Waals surface area contributed by atoms with Crippen molar-refractivity contribution in [3.05, 3.63) is 179 Å². The number of H-pyrrole nitrogens is 1. The molecule has 1 aromatic heterocycles. The minimum atomic E-state index is -0.623. The summed E-state index contributed by atoms with van der Waals surface area (Å²) >= 11 is 0. The van der Waals surface area contributed by atoms with Crippen LogP contribution in [0.2, 0.25) is 0 Å². The third-order valence-corrected chi connectivity index (χ3v) is 8.87. The summed E-state index contributed by atoms with van der Waals surface area (Å²) in [5.74, 6) is -0.324. The summed E-state index contributed by atoms with van der Waals surface area (Å²) in [5, 5.41) is 0.729. The number of nitrogens with one attached hydrogen (secondary N) is 1. The Morgan fingerprint density at radius 1 is 0.551 bits per heavy atom.